The molecule has 3 heteroatoms. The Labute approximate surface area is 133 Å². The number of halogens is 1. The molecule has 2 nitrogen and oxygen atoms in total. The molecule has 1 atom stereocenters. The zero-order valence-corrected chi connectivity index (χ0v) is 13.4. The molecule has 0 aromatic heterocycles. The van der Waals surface area contributed by atoms with Gasteiger partial charge in [-0.2, -0.15) is 0 Å². The zero-order chi connectivity index (χ0) is 14.2. The Morgan fingerprint density at radius 1 is 1.19 bits per heavy atom. The fourth-order valence-corrected chi connectivity index (χ4v) is 3.96. The molecule has 0 saturated carbocycles. The van der Waals surface area contributed by atoms with Gasteiger partial charge in [-0.3, -0.25) is 0 Å². The highest BCUT2D eigenvalue weighted by atomic mass is 79.9. The molecular weight excluding hydrogens is 326 g/mol. The molecule has 0 bridgehead atoms. The minimum Gasteiger partial charge on any atom is -0.493 e. The van der Waals surface area contributed by atoms with E-state index in [0.717, 1.165) is 36.3 Å². The van der Waals surface area contributed by atoms with Gasteiger partial charge in [-0.15, -0.1) is 0 Å². The SMILES string of the molecule is Brc1cc2c(c(CNCC3Cc4ccccc43)c1)OCC2. The van der Waals surface area contributed by atoms with Crippen LogP contribution >= 0.6 is 15.9 Å². The zero-order valence-electron chi connectivity index (χ0n) is 11.9. The smallest absolute Gasteiger partial charge is 0.127 e. The van der Waals surface area contributed by atoms with Gasteiger partial charge in [0.1, 0.15) is 5.75 Å². The third-order valence-electron chi connectivity index (χ3n) is 4.49. The van der Waals surface area contributed by atoms with Crippen LogP contribution in [0, 0.1) is 0 Å². The van der Waals surface area contributed by atoms with Crippen molar-refractivity contribution in [2.24, 2.45) is 0 Å². The lowest BCUT2D eigenvalue weighted by Crippen LogP contribution is -2.28. The van der Waals surface area contributed by atoms with Crippen molar-refractivity contribution in [2.45, 2.75) is 25.3 Å². The van der Waals surface area contributed by atoms with Crippen molar-refractivity contribution in [3.05, 3.63) is 63.1 Å². The van der Waals surface area contributed by atoms with Crippen LogP contribution in [0.5, 0.6) is 5.75 Å². The number of ether oxygens (including phenoxy) is 1. The molecule has 0 saturated heterocycles. The maximum atomic E-state index is 5.78. The monoisotopic (exact) mass is 343 g/mol. The lowest BCUT2D eigenvalue weighted by Gasteiger charge is -2.30. The summed E-state index contributed by atoms with van der Waals surface area (Å²) in [5.41, 5.74) is 5.62. The van der Waals surface area contributed by atoms with E-state index in [0.29, 0.717) is 5.92 Å². The molecule has 1 aliphatic heterocycles. The highest BCUT2D eigenvalue weighted by molar-refractivity contribution is 9.10. The quantitative estimate of drug-likeness (QED) is 0.911. The summed E-state index contributed by atoms with van der Waals surface area (Å²) < 4.78 is 6.93. The van der Waals surface area contributed by atoms with Crippen molar-refractivity contribution >= 4 is 15.9 Å². The van der Waals surface area contributed by atoms with E-state index in [1.807, 2.05) is 0 Å². The van der Waals surface area contributed by atoms with Crippen molar-refractivity contribution in [3.8, 4) is 5.75 Å². The van der Waals surface area contributed by atoms with Gasteiger partial charge >= 0.3 is 0 Å². The molecule has 0 fully saturated rings. The van der Waals surface area contributed by atoms with Gasteiger partial charge < -0.3 is 10.1 Å². The molecule has 4 rings (SSSR count). The molecular formula is C18H18BrNO. The van der Waals surface area contributed by atoms with Crippen LogP contribution in [-0.2, 0) is 19.4 Å². The van der Waals surface area contributed by atoms with Gasteiger partial charge in [0.15, 0.2) is 0 Å². The molecule has 0 spiro atoms. The van der Waals surface area contributed by atoms with E-state index in [1.165, 1.54) is 28.7 Å². The van der Waals surface area contributed by atoms with Crippen molar-refractivity contribution in [2.75, 3.05) is 13.2 Å². The summed E-state index contributed by atoms with van der Waals surface area (Å²) in [4.78, 5) is 0. The van der Waals surface area contributed by atoms with Crippen LogP contribution in [0.15, 0.2) is 40.9 Å². The summed E-state index contributed by atoms with van der Waals surface area (Å²) in [5, 5.41) is 3.60. The minimum atomic E-state index is 0.669. The molecule has 0 amide bonds. The number of hydrogen-bond acceptors (Lipinski definition) is 2. The topological polar surface area (TPSA) is 21.3 Å². The Morgan fingerprint density at radius 2 is 2.10 bits per heavy atom. The van der Waals surface area contributed by atoms with Gasteiger partial charge in [0.05, 0.1) is 6.61 Å². The van der Waals surface area contributed by atoms with Crippen LogP contribution in [0.1, 0.15) is 28.2 Å². The Balaban J connectivity index is 1.41. The predicted octanol–water partition coefficient (Wildman–Crippen LogP) is 3.81. The summed E-state index contributed by atoms with van der Waals surface area (Å²) in [7, 11) is 0. The molecule has 1 heterocycles. The van der Waals surface area contributed by atoms with E-state index in [2.05, 4.69) is 57.6 Å². The Hall–Kier alpha value is -1.32. The fourth-order valence-electron chi connectivity index (χ4n) is 3.40. The largest absolute Gasteiger partial charge is 0.493 e. The number of hydrogen-bond donors (Lipinski definition) is 1. The summed E-state index contributed by atoms with van der Waals surface area (Å²) in [6.07, 6.45) is 2.23. The summed E-state index contributed by atoms with van der Waals surface area (Å²) in [6.45, 7) is 2.73. The lowest BCUT2D eigenvalue weighted by molar-refractivity contribution is 0.352. The molecule has 1 N–H and O–H groups in total. The Kier molecular flexibility index (Phi) is 3.48. The number of nitrogens with one attached hydrogen (secondary N) is 1. The number of benzene rings is 2. The molecule has 1 unspecified atom stereocenters. The first kappa shape index (κ1) is 13.4. The van der Waals surface area contributed by atoms with E-state index in [1.54, 1.807) is 0 Å². The van der Waals surface area contributed by atoms with Crippen LogP contribution in [0.3, 0.4) is 0 Å². The average Bonchev–Trinajstić information content (AvgIpc) is 2.91. The molecule has 21 heavy (non-hydrogen) atoms. The van der Waals surface area contributed by atoms with E-state index in [-0.39, 0.29) is 0 Å². The summed E-state index contributed by atoms with van der Waals surface area (Å²) >= 11 is 3.60. The Morgan fingerprint density at radius 3 is 3.00 bits per heavy atom. The van der Waals surface area contributed by atoms with E-state index >= 15 is 0 Å². The maximum absolute atomic E-state index is 5.78. The maximum Gasteiger partial charge on any atom is 0.127 e. The van der Waals surface area contributed by atoms with E-state index < -0.39 is 0 Å². The van der Waals surface area contributed by atoms with Crippen LogP contribution in [0.2, 0.25) is 0 Å². The van der Waals surface area contributed by atoms with Gasteiger partial charge in [0, 0.05) is 35.5 Å². The first-order valence-corrected chi connectivity index (χ1v) is 8.33. The van der Waals surface area contributed by atoms with Crippen molar-refractivity contribution in [3.63, 3.8) is 0 Å². The van der Waals surface area contributed by atoms with Crippen molar-refractivity contribution in [1.82, 2.24) is 5.32 Å². The second kappa shape index (κ2) is 5.47. The van der Waals surface area contributed by atoms with Crippen LogP contribution in [0.4, 0.5) is 0 Å². The second-order valence-electron chi connectivity index (χ2n) is 5.88. The summed E-state index contributed by atoms with van der Waals surface area (Å²) in [5.74, 6) is 1.77. The summed E-state index contributed by atoms with van der Waals surface area (Å²) in [6, 6.07) is 13.1. The lowest BCUT2D eigenvalue weighted by atomic mass is 9.77. The van der Waals surface area contributed by atoms with E-state index in [4.69, 9.17) is 4.74 Å². The van der Waals surface area contributed by atoms with Gasteiger partial charge in [-0.25, -0.2) is 0 Å². The minimum absolute atomic E-state index is 0.669. The normalized spacial score (nSPS) is 18.6. The average molecular weight is 344 g/mol. The van der Waals surface area contributed by atoms with Crippen molar-refractivity contribution < 1.29 is 4.74 Å². The molecule has 1 aliphatic carbocycles. The van der Waals surface area contributed by atoms with Gasteiger partial charge in [0.25, 0.3) is 0 Å². The first-order valence-electron chi connectivity index (χ1n) is 7.54. The Bertz CT molecular complexity index is 683. The van der Waals surface area contributed by atoms with Crippen LogP contribution < -0.4 is 10.1 Å². The van der Waals surface area contributed by atoms with Gasteiger partial charge in [0.2, 0.25) is 0 Å². The second-order valence-corrected chi connectivity index (χ2v) is 6.80. The van der Waals surface area contributed by atoms with Gasteiger partial charge in [-0.1, -0.05) is 40.2 Å². The third kappa shape index (κ3) is 2.49. The van der Waals surface area contributed by atoms with Gasteiger partial charge in [-0.05, 0) is 35.2 Å². The highest BCUT2D eigenvalue weighted by Crippen LogP contribution is 2.35. The molecule has 2 aromatic carbocycles. The third-order valence-corrected chi connectivity index (χ3v) is 4.95. The number of rotatable bonds is 4. The fraction of sp³-hybridized carbons (Fsp3) is 0.333. The molecule has 2 aromatic rings. The van der Waals surface area contributed by atoms with Crippen LogP contribution in [0.25, 0.3) is 0 Å². The predicted molar refractivity (Wildman–Crippen MR) is 87.9 cm³/mol. The highest BCUT2D eigenvalue weighted by Gasteiger charge is 2.25. The molecule has 108 valence electrons. The van der Waals surface area contributed by atoms with Crippen LogP contribution in [-0.4, -0.2) is 13.2 Å². The van der Waals surface area contributed by atoms with Crippen molar-refractivity contribution in [1.29, 1.82) is 0 Å². The molecule has 0 radical (unpaired) electrons. The first-order chi connectivity index (χ1) is 10.3. The van der Waals surface area contributed by atoms with E-state index in [9.17, 15) is 0 Å². The number of fused-ring (bicyclic) bond motifs is 2. The molecule has 2 aliphatic rings. The standard InChI is InChI=1S/C18H18BrNO/c19-16-8-13-5-6-21-18(13)15(9-16)11-20-10-14-7-12-3-1-2-4-17(12)14/h1-4,8-9,14,20H,5-7,10-11H2.